The van der Waals surface area contributed by atoms with E-state index < -0.39 is 5.95 Å². The van der Waals surface area contributed by atoms with E-state index >= 15 is 0 Å². The zero-order valence-corrected chi connectivity index (χ0v) is 8.98. The van der Waals surface area contributed by atoms with Gasteiger partial charge in [-0.3, -0.25) is 4.79 Å². The summed E-state index contributed by atoms with van der Waals surface area (Å²) in [6.07, 6.45) is 2.85. The predicted octanol–water partition coefficient (Wildman–Crippen LogP) is 0.330. The Morgan fingerprint density at radius 2 is 2.44 bits per heavy atom. The molecule has 0 spiro atoms. The fraction of sp³-hybridized carbons (Fsp3) is 0.500. The number of nitrogens with zero attached hydrogens (tertiary/aromatic N) is 3. The molecule has 0 radical (unpaired) electrons. The van der Waals surface area contributed by atoms with Crippen LogP contribution in [0.2, 0.25) is 0 Å². The molecule has 1 unspecified atom stereocenters. The van der Waals surface area contributed by atoms with Crippen molar-refractivity contribution in [1.29, 1.82) is 0 Å². The maximum absolute atomic E-state index is 13.0. The predicted molar refractivity (Wildman–Crippen MR) is 56.4 cm³/mol. The van der Waals surface area contributed by atoms with E-state index in [2.05, 4.69) is 15.3 Å². The molecule has 1 aliphatic heterocycles. The van der Waals surface area contributed by atoms with Gasteiger partial charge in [0.25, 0.3) is 0 Å². The number of aromatic nitrogens is 2. The number of likely N-dealkylation sites (N-methyl/N-ethyl adjacent to an activating group) is 1. The number of halogens is 1. The van der Waals surface area contributed by atoms with Crippen molar-refractivity contribution in [1.82, 2.24) is 15.3 Å². The summed E-state index contributed by atoms with van der Waals surface area (Å²) in [5, 5.41) is 2.60. The van der Waals surface area contributed by atoms with Crippen molar-refractivity contribution in [2.24, 2.45) is 0 Å². The first-order valence-corrected chi connectivity index (χ1v) is 5.18. The molecular formula is C10H13FN4O. The van der Waals surface area contributed by atoms with Crippen molar-refractivity contribution < 1.29 is 9.18 Å². The smallest absolute Gasteiger partial charge is 0.242 e. The number of hydrogen-bond donors (Lipinski definition) is 1. The standard InChI is InChI=1S/C10H13FN4O/c1-12-10(16)7-3-2-4-15(7)9-5-8(11)13-6-14-9/h5-7H,2-4H2,1H3,(H,12,16). The lowest BCUT2D eigenvalue weighted by Gasteiger charge is -2.23. The summed E-state index contributed by atoms with van der Waals surface area (Å²) in [6, 6.07) is 1.00. The topological polar surface area (TPSA) is 58.1 Å². The lowest BCUT2D eigenvalue weighted by atomic mass is 10.2. The molecule has 86 valence electrons. The molecule has 0 bridgehead atoms. The first-order valence-electron chi connectivity index (χ1n) is 5.18. The maximum Gasteiger partial charge on any atom is 0.242 e. The van der Waals surface area contributed by atoms with Gasteiger partial charge in [-0.2, -0.15) is 4.39 Å². The van der Waals surface area contributed by atoms with E-state index in [1.165, 1.54) is 12.4 Å². The van der Waals surface area contributed by atoms with Crippen LogP contribution in [0, 0.1) is 5.95 Å². The fourth-order valence-electron chi connectivity index (χ4n) is 1.96. The van der Waals surface area contributed by atoms with Crippen molar-refractivity contribution in [3.05, 3.63) is 18.3 Å². The van der Waals surface area contributed by atoms with Crippen LogP contribution >= 0.6 is 0 Å². The molecule has 0 aromatic carbocycles. The van der Waals surface area contributed by atoms with Crippen LogP contribution in [0.5, 0.6) is 0 Å². The van der Waals surface area contributed by atoms with Gasteiger partial charge in [0.05, 0.1) is 0 Å². The average Bonchev–Trinajstić information content (AvgIpc) is 2.77. The van der Waals surface area contributed by atoms with Gasteiger partial charge in [0.15, 0.2) is 0 Å². The van der Waals surface area contributed by atoms with Crippen LogP contribution in [0.4, 0.5) is 10.2 Å². The first-order chi connectivity index (χ1) is 7.72. The molecule has 6 heteroatoms. The van der Waals surface area contributed by atoms with Gasteiger partial charge in [-0.25, -0.2) is 9.97 Å². The van der Waals surface area contributed by atoms with E-state index in [0.29, 0.717) is 12.4 Å². The van der Waals surface area contributed by atoms with Crippen LogP contribution in [0.15, 0.2) is 12.4 Å². The summed E-state index contributed by atoms with van der Waals surface area (Å²) in [6.45, 7) is 0.717. The first kappa shape index (κ1) is 10.8. The van der Waals surface area contributed by atoms with Gasteiger partial charge in [0.1, 0.15) is 18.2 Å². The second-order valence-corrected chi connectivity index (χ2v) is 3.66. The Morgan fingerprint density at radius 3 is 3.12 bits per heavy atom. The third kappa shape index (κ3) is 1.95. The minimum atomic E-state index is -0.576. The van der Waals surface area contributed by atoms with Gasteiger partial charge in [0, 0.05) is 19.7 Å². The maximum atomic E-state index is 13.0. The van der Waals surface area contributed by atoms with E-state index in [-0.39, 0.29) is 11.9 Å². The van der Waals surface area contributed by atoms with Gasteiger partial charge in [-0.05, 0) is 12.8 Å². The lowest BCUT2D eigenvalue weighted by Crippen LogP contribution is -2.42. The summed E-state index contributed by atoms with van der Waals surface area (Å²) >= 11 is 0. The third-order valence-corrected chi connectivity index (χ3v) is 2.72. The second-order valence-electron chi connectivity index (χ2n) is 3.66. The van der Waals surface area contributed by atoms with E-state index in [1.807, 2.05) is 4.90 Å². The van der Waals surface area contributed by atoms with Crippen molar-refractivity contribution >= 4 is 11.7 Å². The third-order valence-electron chi connectivity index (χ3n) is 2.72. The van der Waals surface area contributed by atoms with Crippen LogP contribution in [-0.2, 0) is 4.79 Å². The highest BCUT2D eigenvalue weighted by Crippen LogP contribution is 2.23. The van der Waals surface area contributed by atoms with Crippen molar-refractivity contribution in [2.45, 2.75) is 18.9 Å². The minimum Gasteiger partial charge on any atom is -0.357 e. The van der Waals surface area contributed by atoms with E-state index in [0.717, 1.165) is 12.8 Å². The molecule has 0 saturated carbocycles. The number of carbonyl (C=O) groups is 1. The Kier molecular flexibility index (Phi) is 2.98. The van der Waals surface area contributed by atoms with Gasteiger partial charge in [-0.1, -0.05) is 0 Å². The monoisotopic (exact) mass is 224 g/mol. The highest BCUT2D eigenvalue weighted by Gasteiger charge is 2.31. The van der Waals surface area contributed by atoms with Crippen molar-refractivity contribution in [2.75, 3.05) is 18.5 Å². The number of anilines is 1. The molecule has 0 aliphatic carbocycles. The van der Waals surface area contributed by atoms with Gasteiger partial charge in [-0.15, -0.1) is 0 Å². The molecule has 1 saturated heterocycles. The van der Waals surface area contributed by atoms with Crippen LogP contribution in [-0.4, -0.2) is 35.5 Å². The second kappa shape index (κ2) is 4.42. The Bertz CT molecular complexity index is 398. The number of nitrogens with one attached hydrogen (secondary N) is 1. The number of rotatable bonds is 2. The largest absolute Gasteiger partial charge is 0.357 e. The number of amides is 1. The molecule has 1 amide bonds. The zero-order chi connectivity index (χ0) is 11.5. The normalized spacial score (nSPS) is 19.9. The van der Waals surface area contributed by atoms with Gasteiger partial charge < -0.3 is 10.2 Å². The molecule has 2 heterocycles. The summed E-state index contributed by atoms with van der Waals surface area (Å²) in [7, 11) is 1.60. The van der Waals surface area contributed by atoms with Crippen LogP contribution < -0.4 is 10.2 Å². The average molecular weight is 224 g/mol. The zero-order valence-electron chi connectivity index (χ0n) is 8.98. The number of hydrogen-bond acceptors (Lipinski definition) is 4. The molecule has 1 aliphatic rings. The highest BCUT2D eigenvalue weighted by atomic mass is 19.1. The Morgan fingerprint density at radius 1 is 1.62 bits per heavy atom. The molecular weight excluding hydrogens is 211 g/mol. The van der Waals surface area contributed by atoms with Gasteiger partial charge in [0.2, 0.25) is 11.9 Å². The summed E-state index contributed by atoms with van der Waals surface area (Å²) in [5.41, 5.74) is 0. The quantitative estimate of drug-likeness (QED) is 0.735. The number of carbonyl (C=O) groups excluding carboxylic acids is 1. The molecule has 1 aromatic heterocycles. The molecule has 1 atom stereocenters. The molecule has 1 fully saturated rings. The molecule has 1 N–H and O–H groups in total. The van der Waals surface area contributed by atoms with Crippen LogP contribution in [0.1, 0.15) is 12.8 Å². The van der Waals surface area contributed by atoms with E-state index in [1.54, 1.807) is 7.05 Å². The molecule has 5 nitrogen and oxygen atoms in total. The minimum absolute atomic E-state index is 0.0588. The Labute approximate surface area is 92.7 Å². The SMILES string of the molecule is CNC(=O)C1CCCN1c1cc(F)ncn1. The molecule has 2 rings (SSSR count). The summed E-state index contributed by atoms with van der Waals surface area (Å²) in [5.74, 6) is -0.164. The Balaban J connectivity index is 2.23. The van der Waals surface area contributed by atoms with Gasteiger partial charge >= 0.3 is 0 Å². The van der Waals surface area contributed by atoms with Crippen molar-refractivity contribution in [3.8, 4) is 0 Å². The van der Waals surface area contributed by atoms with E-state index in [4.69, 9.17) is 0 Å². The summed E-state index contributed by atoms with van der Waals surface area (Å²) in [4.78, 5) is 20.8. The van der Waals surface area contributed by atoms with E-state index in [9.17, 15) is 9.18 Å². The molecule has 16 heavy (non-hydrogen) atoms. The highest BCUT2D eigenvalue weighted by molar-refractivity contribution is 5.85. The van der Waals surface area contributed by atoms with Crippen LogP contribution in [0.3, 0.4) is 0 Å². The fourth-order valence-corrected chi connectivity index (χ4v) is 1.96. The van der Waals surface area contributed by atoms with Crippen molar-refractivity contribution in [3.63, 3.8) is 0 Å². The van der Waals surface area contributed by atoms with Crippen LogP contribution in [0.25, 0.3) is 0 Å². The Hall–Kier alpha value is -1.72. The lowest BCUT2D eigenvalue weighted by molar-refractivity contribution is -0.121. The molecule has 1 aromatic rings. The summed E-state index contributed by atoms with van der Waals surface area (Å²) < 4.78 is 13.0.